The van der Waals surface area contributed by atoms with E-state index in [0.29, 0.717) is 37.5 Å². The number of amides is 2. The Morgan fingerprint density at radius 1 is 1.35 bits per heavy atom. The monoisotopic (exact) mass is 378 g/mol. The summed E-state index contributed by atoms with van der Waals surface area (Å²) in [4.78, 5) is 28.7. The first-order valence-electron chi connectivity index (χ1n) is 9.30. The fourth-order valence-electron chi connectivity index (χ4n) is 4.02. The second-order valence-electron chi connectivity index (χ2n) is 7.84. The molecule has 5 nitrogen and oxygen atoms in total. The molecule has 26 heavy (non-hydrogen) atoms. The second-order valence-corrected chi connectivity index (χ2v) is 8.28. The molecule has 0 aromatic heterocycles. The molecule has 1 saturated carbocycles. The molecule has 1 heterocycles. The van der Waals surface area contributed by atoms with Crippen LogP contribution in [0.2, 0.25) is 5.02 Å². The van der Waals surface area contributed by atoms with Crippen molar-refractivity contribution in [3.05, 3.63) is 34.9 Å². The molecular formula is C20H27ClN2O3. The Bertz CT molecular complexity index is 652. The number of hydrogen-bond donors (Lipinski definition) is 1. The topological polar surface area (TPSA) is 60.9 Å². The number of likely N-dealkylation sites (tertiary alicyclic amines) is 1. The molecule has 0 bridgehead atoms. The van der Waals surface area contributed by atoms with Crippen LogP contribution in [0.15, 0.2) is 24.3 Å². The minimum Gasteiger partial charge on any atom is -0.396 e. The van der Waals surface area contributed by atoms with Crippen molar-refractivity contribution in [3.8, 4) is 0 Å². The van der Waals surface area contributed by atoms with Crippen molar-refractivity contribution in [3.63, 3.8) is 0 Å². The standard InChI is InChI=1S/C20H27ClN2O3/c1-22(13-20(14-24)9-2-10-20)19(26)16-5-8-18(25)23(12-16)11-15-3-6-17(21)7-4-15/h3-4,6-7,16,24H,2,5,8-14H2,1H3/t16-/m0/s1. The van der Waals surface area contributed by atoms with Crippen molar-refractivity contribution in [2.45, 2.75) is 38.6 Å². The number of carbonyl (C=O) groups excluding carboxylic acids is 2. The molecule has 1 saturated heterocycles. The summed E-state index contributed by atoms with van der Waals surface area (Å²) < 4.78 is 0. The van der Waals surface area contributed by atoms with Gasteiger partial charge in [-0.05, 0) is 37.0 Å². The van der Waals surface area contributed by atoms with E-state index >= 15 is 0 Å². The van der Waals surface area contributed by atoms with Gasteiger partial charge in [-0.25, -0.2) is 0 Å². The predicted octanol–water partition coefficient (Wildman–Crippen LogP) is 2.70. The van der Waals surface area contributed by atoms with E-state index in [1.54, 1.807) is 9.80 Å². The lowest BCUT2D eigenvalue weighted by Gasteiger charge is -2.44. The van der Waals surface area contributed by atoms with Gasteiger partial charge in [0.2, 0.25) is 11.8 Å². The molecule has 1 aliphatic heterocycles. The maximum Gasteiger partial charge on any atom is 0.227 e. The Balaban J connectivity index is 1.60. The maximum atomic E-state index is 12.9. The van der Waals surface area contributed by atoms with Crippen molar-refractivity contribution in [2.75, 3.05) is 26.7 Å². The molecule has 0 unspecified atom stereocenters. The Kier molecular flexibility index (Phi) is 5.88. The number of hydrogen-bond acceptors (Lipinski definition) is 3. The number of carbonyl (C=O) groups is 2. The number of benzene rings is 1. The van der Waals surface area contributed by atoms with Crippen LogP contribution in [0.1, 0.15) is 37.7 Å². The van der Waals surface area contributed by atoms with Gasteiger partial charge in [-0.15, -0.1) is 0 Å². The third kappa shape index (κ3) is 4.21. The Morgan fingerprint density at radius 3 is 2.62 bits per heavy atom. The smallest absolute Gasteiger partial charge is 0.227 e. The molecule has 1 aliphatic carbocycles. The SMILES string of the molecule is CN(CC1(CO)CCC1)C(=O)[C@H]1CCC(=O)N(Cc2ccc(Cl)cc2)C1. The van der Waals surface area contributed by atoms with Gasteiger partial charge in [0.1, 0.15) is 0 Å². The van der Waals surface area contributed by atoms with Gasteiger partial charge in [-0.3, -0.25) is 9.59 Å². The predicted molar refractivity (Wildman–Crippen MR) is 101 cm³/mol. The zero-order valence-corrected chi connectivity index (χ0v) is 16.0. The van der Waals surface area contributed by atoms with Gasteiger partial charge in [0.05, 0.1) is 12.5 Å². The summed E-state index contributed by atoms with van der Waals surface area (Å²) in [6, 6.07) is 7.45. The lowest BCUT2D eigenvalue weighted by molar-refractivity contribution is -0.144. The molecule has 6 heteroatoms. The van der Waals surface area contributed by atoms with Crippen LogP contribution >= 0.6 is 11.6 Å². The van der Waals surface area contributed by atoms with Crippen LogP contribution in [-0.2, 0) is 16.1 Å². The van der Waals surface area contributed by atoms with Crippen LogP contribution in [0.4, 0.5) is 0 Å². The average Bonchev–Trinajstić information content (AvgIpc) is 2.61. The van der Waals surface area contributed by atoms with Crippen molar-refractivity contribution < 1.29 is 14.7 Å². The minimum absolute atomic E-state index is 0.0818. The summed E-state index contributed by atoms with van der Waals surface area (Å²) in [5.74, 6) is 0.0108. The Morgan fingerprint density at radius 2 is 2.04 bits per heavy atom. The molecule has 1 aromatic rings. The summed E-state index contributed by atoms with van der Waals surface area (Å²) in [5.41, 5.74) is 0.899. The van der Waals surface area contributed by atoms with E-state index in [9.17, 15) is 14.7 Å². The lowest BCUT2D eigenvalue weighted by Crippen LogP contribution is -2.50. The van der Waals surface area contributed by atoms with Crippen molar-refractivity contribution in [1.82, 2.24) is 9.80 Å². The minimum atomic E-state index is -0.166. The summed E-state index contributed by atoms with van der Waals surface area (Å²) in [5, 5.41) is 10.3. The molecule has 3 rings (SSSR count). The van der Waals surface area contributed by atoms with Gasteiger partial charge < -0.3 is 14.9 Å². The molecule has 2 amide bonds. The van der Waals surface area contributed by atoms with Crippen molar-refractivity contribution in [1.29, 1.82) is 0 Å². The van der Waals surface area contributed by atoms with Crippen LogP contribution < -0.4 is 0 Å². The van der Waals surface area contributed by atoms with Gasteiger partial charge in [0.15, 0.2) is 0 Å². The van der Waals surface area contributed by atoms with E-state index in [-0.39, 0.29) is 29.8 Å². The lowest BCUT2D eigenvalue weighted by atomic mass is 9.69. The highest BCUT2D eigenvalue weighted by Gasteiger charge is 2.40. The molecule has 0 spiro atoms. The van der Waals surface area contributed by atoms with Crippen LogP contribution in [-0.4, -0.2) is 53.5 Å². The molecule has 2 aliphatic rings. The van der Waals surface area contributed by atoms with E-state index in [1.807, 2.05) is 31.3 Å². The zero-order chi connectivity index (χ0) is 18.7. The molecule has 1 atom stereocenters. The molecule has 1 aromatic carbocycles. The number of aliphatic hydroxyl groups excluding tert-OH is 1. The van der Waals surface area contributed by atoms with Gasteiger partial charge in [0.25, 0.3) is 0 Å². The summed E-state index contributed by atoms with van der Waals surface area (Å²) in [6.45, 7) is 1.70. The number of rotatable bonds is 6. The van der Waals surface area contributed by atoms with Gasteiger partial charge >= 0.3 is 0 Å². The van der Waals surface area contributed by atoms with Crippen molar-refractivity contribution in [2.24, 2.45) is 11.3 Å². The van der Waals surface area contributed by atoms with E-state index in [2.05, 4.69) is 0 Å². The van der Waals surface area contributed by atoms with Crippen LogP contribution in [0.3, 0.4) is 0 Å². The third-order valence-corrected chi connectivity index (χ3v) is 6.09. The number of nitrogens with zero attached hydrogens (tertiary/aromatic N) is 2. The first-order chi connectivity index (χ1) is 12.4. The third-order valence-electron chi connectivity index (χ3n) is 5.83. The van der Waals surface area contributed by atoms with E-state index in [1.165, 1.54) is 0 Å². The molecule has 142 valence electrons. The summed E-state index contributed by atoms with van der Waals surface area (Å²) in [7, 11) is 1.82. The van der Waals surface area contributed by atoms with Crippen LogP contribution in [0.5, 0.6) is 0 Å². The first kappa shape index (κ1) is 19.2. The summed E-state index contributed by atoms with van der Waals surface area (Å²) >= 11 is 5.92. The maximum absolute atomic E-state index is 12.9. The van der Waals surface area contributed by atoms with E-state index < -0.39 is 0 Å². The largest absolute Gasteiger partial charge is 0.396 e. The highest BCUT2D eigenvalue weighted by atomic mass is 35.5. The molecule has 2 fully saturated rings. The van der Waals surface area contributed by atoms with E-state index in [0.717, 1.165) is 24.8 Å². The van der Waals surface area contributed by atoms with Crippen molar-refractivity contribution >= 4 is 23.4 Å². The number of halogens is 1. The van der Waals surface area contributed by atoms with Gasteiger partial charge in [-0.2, -0.15) is 0 Å². The summed E-state index contributed by atoms with van der Waals surface area (Å²) in [6.07, 6.45) is 4.09. The molecular weight excluding hydrogens is 352 g/mol. The fourth-order valence-corrected chi connectivity index (χ4v) is 4.14. The van der Waals surface area contributed by atoms with Crippen LogP contribution in [0, 0.1) is 11.3 Å². The second kappa shape index (κ2) is 7.97. The first-order valence-corrected chi connectivity index (χ1v) is 9.68. The Labute approximate surface area is 159 Å². The number of aliphatic hydroxyl groups is 1. The Hall–Kier alpha value is -1.59. The number of piperidine rings is 1. The highest BCUT2D eigenvalue weighted by molar-refractivity contribution is 6.30. The molecule has 0 radical (unpaired) electrons. The zero-order valence-electron chi connectivity index (χ0n) is 15.3. The van der Waals surface area contributed by atoms with Gasteiger partial charge in [0, 0.05) is 43.5 Å². The molecule has 1 N–H and O–H groups in total. The highest BCUT2D eigenvalue weighted by Crippen LogP contribution is 2.41. The van der Waals surface area contributed by atoms with E-state index in [4.69, 9.17) is 11.6 Å². The average molecular weight is 379 g/mol. The van der Waals surface area contributed by atoms with Gasteiger partial charge in [-0.1, -0.05) is 30.2 Å². The quantitative estimate of drug-likeness (QED) is 0.827. The van der Waals surface area contributed by atoms with Crippen LogP contribution in [0.25, 0.3) is 0 Å². The normalized spacial score (nSPS) is 22.0. The fraction of sp³-hybridized carbons (Fsp3) is 0.600.